The van der Waals surface area contributed by atoms with Crippen molar-refractivity contribution in [1.29, 1.82) is 5.26 Å². The summed E-state index contributed by atoms with van der Waals surface area (Å²) >= 11 is 1.52. The van der Waals surface area contributed by atoms with E-state index in [4.69, 9.17) is 5.26 Å². The molecule has 108 valence electrons. The van der Waals surface area contributed by atoms with E-state index in [0.29, 0.717) is 5.69 Å². The second-order valence-corrected chi connectivity index (χ2v) is 5.04. The summed E-state index contributed by atoms with van der Waals surface area (Å²) in [5.74, 6) is 0. The van der Waals surface area contributed by atoms with Gasteiger partial charge >= 0.3 is 6.18 Å². The molecule has 2 aromatic carbocycles. The SMILES string of the molecule is CSc1ccccc1Nc1ccc(C(F)(F)F)c(C#N)c1. The standard InChI is InChI=1S/C15H11F3N2S/c1-21-14-5-3-2-4-13(14)20-11-6-7-12(15(16,17)18)10(8-11)9-19/h2-8,20H,1H3. The molecule has 0 bridgehead atoms. The van der Waals surface area contributed by atoms with E-state index in [1.165, 1.54) is 23.9 Å². The van der Waals surface area contributed by atoms with Crippen LogP contribution in [0.4, 0.5) is 24.5 Å². The molecule has 0 saturated carbocycles. The number of nitriles is 1. The van der Waals surface area contributed by atoms with Gasteiger partial charge in [0.2, 0.25) is 0 Å². The van der Waals surface area contributed by atoms with E-state index in [2.05, 4.69) is 5.32 Å². The lowest BCUT2D eigenvalue weighted by molar-refractivity contribution is -0.137. The molecule has 1 N–H and O–H groups in total. The number of para-hydroxylation sites is 1. The Morgan fingerprint density at radius 1 is 1.14 bits per heavy atom. The maximum Gasteiger partial charge on any atom is 0.417 e. The van der Waals surface area contributed by atoms with Crippen LogP contribution in [-0.4, -0.2) is 6.26 Å². The number of anilines is 2. The van der Waals surface area contributed by atoms with Gasteiger partial charge in [0.15, 0.2) is 0 Å². The van der Waals surface area contributed by atoms with E-state index in [1.54, 1.807) is 6.07 Å². The molecule has 0 amide bonds. The maximum atomic E-state index is 12.7. The highest BCUT2D eigenvalue weighted by molar-refractivity contribution is 7.98. The molecule has 0 aromatic heterocycles. The summed E-state index contributed by atoms with van der Waals surface area (Å²) in [5, 5.41) is 11.9. The number of hydrogen-bond acceptors (Lipinski definition) is 3. The Morgan fingerprint density at radius 2 is 1.86 bits per heavy atom. The molecule has 0 atom stereocenters. The first kappa shape index (κ1) is 15.3. The molecule has 0 heterocycles. The molecule has 0 fully saturated rings. The first-order valence-corrected chi connectivity index (χ1v) is 7.19. The molecule has 6 heteroatoms. The van der Waals surface area contributed by atoms with Gasteiger partial charge in [-0.1, -0.05) is 12.1 Å². The van der Waals surface area contributed by atoms with Crippen molar-refractivity contribution in [3.63, 3.8) is 0 Å². The Bertz CT molecular complexity index is 690. The molecular weight excluding hydrogens is 297 g/mol. The average molecular weight is 308 g/mol. The average Bonchev–Trinajstić information content (AvgIpc) is 2.46. The number of rotatable bonds is 3. The molecule has 0 aliphatic carbocycles. The molecule has 0 unspecified atom stereocenters. The number of halogens is 3. The summed E-state index contributed by atoms with van der Waals surface area (Å²) in [7, 11) is 0. The number of nitrogens with one attached hydrogen (secondary N) is 1. The van der Waals surface area contributed by atoms with Gasteiger partial charge in [-0.25, -0.2) is 0 Å². The minimum absolute atomic E-state index is 0.394. The largest absolute Gasteiger partial charge is 0.417 e. The van der Waals surface area contributed by atoms with Crippen molar-refractivity contribution < 1.29 is 13.2 Å². The molecule has 21 heavy (non-hydrogen) atoms. The van der Waals surface area contributed by atoms with Gasteiger partial charge in [-0.15, -0.1) is 11.8 Å². The molecule has 0 saturated heterocycles. The Kier molecular flexibility index (Phi) is 4.43. The number of hydrogen-bond donors (Lipinski definition) is 1. The van der Waals surface area contributed by atoms with Crippen molar-refractivity contribution in [2.45, 2.75) is 11.1 Å². The van der Waals surface area contributed by atoms with Gasteiger partial charge in [0.1, 0.15) is 0 Å². The van der Waals surface area contributed by atoms with Crippen molar-refractivity contribution in [2.24, 2.45) is 0 Å². The second kappa shape index (κ2) is 6.10. The maximum absolute atomic E-state index is 12.7. The zero-order chi connectivity index (χ0) is 15.5. The van der Waals surface area contributed by atoms with Gasteiger partial charge in [-0.2, -0.15) is 18.4 Å². The lowest BCUT2D eigenvalue weighted by Gasteiger charge is -2.13. The summed E-state index contributed by atoms with van der Waals surface area (Å²) in [6, 6.07) is 12.5. The molecule has 2 nitrogen and oxygen atoms in total. The number of thioether (sulfide) groups is 1. The summed E-state index contributed by atoms with van der Waals surface area (Å²) in [5.41, 5.74) is -0.0856. The molecule has 0 aliphatic rings. The number of alkyl halides is 3. The number of benzene rings is 2. The summed E-state index contributed by atoms with van der Waals surface area (Å²) < 4.78 is 38.2. The van der Waals surface area contributed by atoms with Crippen LogP contribution in [0.2, 0.25) is 0 Å². The number of nitrogens with zero attached hydrogens (tertiary/aromatic N) is 1. The fraction of sp³-hybridized carbons (Fsp3) is 0.133. The first-order valence-electron chi connectivity index (χ1n) is 5.97. The van der Waals surface area contributed by atoms with Crippen LogP contribution >= 0.6 is 11.8 Å². The minimum Gasteiger partial charge on any atom is -0.355 e. The van der Waals surface area contributed by atoms with Gasteiger partial charge in [0.25, 0.3) is 0 Å². The molecule has 0 aliphatic heterocycles. The van der Waals surface area contributed by atoms with Crippen molar-refractivity contribution in [1.82, 2.24) is 0 Å². The van der Waals surface area contributed by atoms with E-state index in [-0.39, 0.29) is 0 Å². The molecule has 0 spiro atoms. The smallest absolute Gasteiger partial charge is 0.355 e. The van der Waals surface area contributed by atoms with E-state index < -0.39 is 17.3 Å². The molecule has 2 rings (SSSR count). The Labute approximate surface area is 124 Å². The summed E-state index contributed by atoms with van der Waals surface area (Å²) in [6.07, 6.45) is -2.62. The molecular formula is C15H11F3N2S. The quantitative estimate of drug-likeness (QED) is 0.807. The third-order valence-electron chi connectivity index (χ3n) is 2.83. The van der Waals surface area contributed by atoms with E-state index in [9.17, 15) is 13.2 Å². The Hall–Kier alpha value is -2.13. The highest BCUT2D eigenvalue weighted by Gasteiger charge is 2.33. The van der Waals surface area contributed by atoms with Crippen molar-refractivity contribution in [3.8, 4) is 6.07 Å². The van der Waals surface area contributed by atoms with Crippen LogP contribution < -0.4 is 5.32 Å². The normalized spacial score (nSPS) is 11.0. The third-order valence-corrected chi connectivity index (χ3v) is 3.63. The fourth-order valence-corrected chi connectivity index (χ4v) is 2.42. The van der Waals surface area contributed by atoms with E-state index >= 15 is 0 Å². The van der Waals surface area contributed by atoms with E-state index in [0.717, 1.165) is 16.6 Å². The topological polar surface area (TPSA) is 35.8 Å². The lowest BCUT2D eigenvalue weighted by atomic mass is 10.1. The molecule has 0 radical (unpaired) electrons. The second-order valence-electron chi connectivity index (χ2n) is 4.20. The van der Waals surface area contributed by atoms with Crippen LogP contribution in [0.5, 0.6) is 0 Å². The Balaban J connectivity index is 2.37. The van der Waals surface area contributed by atoms with Crippen LogP contribution in [0.3, 0.4) is 0 Å². The zero-order valence-electron chi connectivity index (χ0n) is 11.0. The minimum atomic E-state index is -4.53. The highest BCUT2D eigenvalue weighted by atomic mass is 32.2. The van der Waals surface area contributed by atoms with Crippen LogP contribution in [0, 0.1) is 11.3 Å². The lowest BCUT2D eigenvalue weighted by Crippen LogP contribution is -2.08. The zero-order valence-corrected chi connectivity index (χ0v) is 11.8. The molecule has 2 aromatic rings. The van der Waals surface area contributed by atoms with Gasteiger partial charge < -0.3 is 5.32 Å². The van der Waals surface area contributed by atoms with Gasteiger partial charge in [0, 0.05) is 10.6 Å². The van der Waals surface area contributed by atoms with Crippen molar-refractivity contribution in [3.05, 3.63) is 53.6 Å². The summed E-state index contributed by atoms with van der Waals surface area (Å²) in [6.45, 7) is 0. The van der Waals surface area contributed by atoms with Crippen LogP contribution in [0.25, 0.3) is 0 Å². The van der Waals surface area contributed by atoms with Crippen molar-refractivity contribution >= 4 is 23.1 Å². The first-order chi connectivity index (χ1) is 9.95. The monoisotopic (exact) mass is 308 g/mol. The van der Waals surface area contributed by atoms with Crippen LogP contribution in [-0.2, 0) is 6.18 Å². The van der Waals surface area contributed by atoms with Crippen LogP contribution in [0.15, 0.2) is 47.4 Å². The van der Waals surface area contributed by atoms with Gasteiger partial charge in [-0.3, -0.25) is 0 Å². The predicted molar refractivity (Wildman–Crippen MR) is 77.7 cm³/mol. The highest BCUT2D eigenvalue weighted by Crippen LogP contribution is 2.34. The van der Waals surface area contributed by atoms with Gasteiger partial charge in [0.05, 0.1) is 22.9 Å². The fourth-order valence-electron chi connectivity index (χ4n) is 1.87. The van der Waals surface area contributed by atoms with Crippen molar-refractivity contribution in [2.75, 3.05) is 11.6 Å². The predicted octanol–water partition coefficient (Wildman–Crippen LogP) is 5.04. The van der Waals surface area contributed by atoms with Crippen LogP contribution in [0.1, 0.15) is 11.1 Å². The summed E-state index contributed by atoms with van der Waals surface area (Å²) in [4.78, 5) is 0.968. The Morgan fingerprint density at radius 3 is 2.48 bits per heavy atom. The van der Waals surface area contributed by atoms with E-state index in [1.807, 2.05) is 30.5 Å². The third kappa shape index (κ3) is 3.50. The van der Waals surface area contributed by atoms with Gasteiger partial charge in [-0.05, 0) is 36.6 Å².